The van der Waals surface area contributed by atoms with Crippen LogP contribution in [0.2, 0.25) is 0 Å². The first kappa shape index (κ1) is 12.1. The minimum atomic E-state index is -0.492. The Hall–Kier alpha value is -1.98. The average Bonchev–Trinajstić information content (AvgIpc) is 2.14. The predicted octanol–water partition coefficient (Wildman–Crippen LogP) is 2.74. The fraction of sp³-hybridized carbons (Fsp3) is 0.400. The van der Waals surface area contributed by atoms with Crippen LogP contribution in [-0.2, 0) is 0 Å². The topological polar surface area (TPSA) is 86.3 Å². The smallest absolute Gasteiger partial charge is 0.258 e. The van der Waals surface area contributed by atoms with E-state index in [4.69, 9.17) is 0 Å². The molecular weight excluding hydrogens is 212 g/mol. The summed E-state index contributed by atoms with van der Waals surface area (Å²) in [6.07, 6.45) is 0. The van der Waals surface area contributed by atoms with E-state index in [0.717, 1.165) is 0 Å². The fourth-order valence-corrected chi connectivity index (χ4v) is 1.82. The van der Waals surface area contributed by atoms with Crippen molar-refractivity contribution in [2.45, 2.75) is 27.7 Å². The molecule has 0 aliphatic rings. The van der Waals surface area contributed by atoms with Gasteiger partial charge in [0.05, 0.1) is 9.85 Å². The van der Waals surface area contributed by atoms with Gasteiger partial charge in [-0.25, -0.2) is 0 Å². The Morgan fingerprint density at radius 2 is 0.875 bits per heavy atom. The van der Waals surface area contributed by atoms with Crippen LogP contribution < -0.4 is 0 Å². The largest absolute Gasteiger partial charge is 0.276 e. The second-order valence-electron chi connectivity index (χ2n) is 3.71. The Bertz CT molecular complexity index is 420. The van der Waals surface area contributed by atoms with Crippen molar-refractivity contribution in [2.75, 3.05) is 0 Å². The zero-order valence-corrected chi connectivity index (χ0v) is 9.53. The van der Waals surface area contributed by atoms with Gasteiger partial charge in [0, 0.05) is 22.3 Å². The third-order valence-corrected chi connectivity index (χ3v) is 2.91. The number of hydrogen-bond acceptors (Lipinski definition) is 4. The van der Waals surface area contributed by atoms with Gasteiger partial charge in [-0.1, -0.05) is 0 Å². The molecule has 0 aromatic heterocycles. The second kappa shape index (κ2) is 3.88. The lowest BCUT2D eigenvalue weighted by Crippen LogP contribution is -2.04. The van der Waals surface area contributed by atoms with Gasteiger partial charge in [-0.15, -0.1) is 0 Å². The summed E-state index contributed by atoms with van der Waals surface area (Å²) in [5.74, 6) is 0. The standard InChI is InChI=1S/C10H12N2O4/c1-5-6(2)10(12(15)16)8(4)7(3)9(5)11(13)14/h1-4H3. The van der Waals surface area contributed by atoms with Crippen LogP contribution in [0.25, 0.3) is 0 Å². The molecule has 6 nitrogen and oxygen atoms in total. The van der Waals surface area contributed by atoms with Crippen molar-refractivity contribution < 1.29 is 9.85 Å². The summed E-state index contributed by atoms with van der Waals surface area (Å²) >= 11 is 0. The van der Waals surface area contributed by atoms with Crippen LogP contribution in [0.15, 0.2) is 0 Å². The van der Waals surface area contributed by atoms with Gasteiger partial charge < -0.3 is 0 Å². The third kappa shape index (κ3) is 1.62. The van der Waals surface area contributed by atoms with E-state index in [0.29, 0.717) is 22.3 Å². The summed E-state index contributed by atoms with van der Waals surface area (Å²) in [4.78, 5) is 20.7. The summed E-state index contributed by atoms with van der Waals surface area (Å²) in [5.41, 5.74) is 1.39. The first-order valence-corrected chi connectivity index (χ1v) is 4.68. The van der Waals surface area contributed by atoms with Gasteiger partial charge in [-0.2, -0.15) is 0 Å². The molecule has 0 fully saturated rings. The Kier molecular flexibility index (Phi) is 2.93. The number of rotatable bonds is 2. The molecule has 0 unspecified atom stereocenters. The lowest BCUT2D eigenvalue weighted by molar-refractivity contribution is -0.390. The third-order valence-electron chi connectivity index (χ3n) is 2.91. The molecule has 0 heterocycles. The maximum Gasteiger partial charge on any atom is 0.276 e. The highest BCUT2D eigenvalue weighted by molar-refractivity contribution is 5.64. The van der Waals surface area contributed by atoms with Crippen molar-refractivity contribution in [3.8, 4) is 0 Å². The lowest BCUT2D eigenvalue weighted by atomic mass is 9.96. The van der Waals surface area contributed by atoms with Crippen LogP contribution in [0.4, 0.5) is 11.4 Å². The number of benzene rings is 1. The Morgan fingerprint density at radius 3 is 1.00 bits per heavy atom. The molecule has 0 spiro atoms. The SMILES string of the molecule is Cc1c(C)c([N+](=O)[O-])c(C)c(C)c1[N+](=O)[O-]. The predicted molar refractivity (Wildman–Crippen MR) is 58.7 cm³/mol. The zero-order chi connectivity index (χ0) is 12.6. The molecular formula is C10H12N2O4. The number of nitro benzene ring substituents is 2. The lowest BCUT2D eigenvalue weighted by Gasteiger charge is -2.09. The van der Waals surface area contributed by atoms with Crippen molar-refractivity contribution in [2.24, 2.45) is 0 Å². The Morgan fingerprint density at radius 1 is 0.688 bits per heavy atom. The highest BCUT2D eigenvalue weighted by Crippen LogP contribution is 2.36. The van der Waals surface area contributed by atoms with Crippen molar-refractivity contribution in [3.05, 3.63) is 42.5 Å². The van der Waals surface area contributed by atoms with Crippen LogP contribution in [0.3, 0.4) is 0 Å². The van der Waals surface area contributed by atoms with Gasteiger partial charge in [0.2, 0.25) is 0 Å². The molecule has 0 N–H and O–H groups in total. The van der Waals surface area contributed by atoms with Crippen LogP contribution in [0, 0.1) is 47.9 Å². The molecule has 0 saturated heterocycles. The van der Waals surface area contributed by atoms with Crippen LogP contribution in [-0.4, -0.2) is 9.85 Å². The number of hydrogen-bond donors (Lipinski definition) is 0. The van der Waals surface area contributed by atoms with Crippen LogP contribution >= 0.6 is 0 Å². The van der Waals surface area contributed by atoms with E-state index in [1.165, 1.54) is 27.7 Å². The van der Waals surface area contributed by atoms with Gasteiger partial charge >= 0.3 is 0 Å². The van der Waals surface area contributed by atoms with Crippen molar-refractivity contribution in [3.63, 3.8) is 0 Å². The monoisotopic (exact) mass is 224 g/mol. The quantitative estimate of drug-likeness (QED) is 0.570. The normalized spacial score (nSPS) is 10.2. The van der Waals surface area contributed by atoms with Gasteiger partial charge in [0.25, 0.3) is 11.4 Å². The highest BCUT2D eigenvalue weighted by Gasteiger charge is 2.27. The number of nitro groups is 2. The molecule has 16 heavy (non-hydrogen) atoms. The average molecular weight is 224 g/mol. The Balaban J connectivity index is 3.77. The maximum absolute atomic E-state index is 10.9. The molecule has 1 rings (SSSR count). The Labute approximate surface area is 92.2 Å². The summed E-state index contributed by atoms with van der Waals surface area (Å²) in [7, 11) is 0. The highest BCUT2D eigenvalue weighted by atomic mass is 16.6. The van der Waals surface area contributed by atoms with Gasteiger partial charge in [-0.3, -0.25) is 20.2 Å². The summed E-state index contributed by atoms with van der Waals surface area (Å²) in [6, 6.07) is 0. The second-order valence-corrected chi connectivity index (χ2v) is 3.71. The minimum absolute atomic E-state index is 0.0272. The minimum Gasteiger partial charge on any atom is -0.258 e. The molecule has 86 valence electrons. The van der Waals surface area contributed by atoms with Gasteiger partial charge in [0.1, 0.15) is 0 Å². The summed E-state index contributed by atoms with van der Waals surface area (Å²) in [5, 5.41) is 21.7. The first-order valence-electron chi connectivity index (χ1n) is 4.68. The van der Waals surface area contributed by atoms with E-state index in [-0.39, 0.29) is 11.4 Å². The van der Waals surface area contributed by atoms with E-state index >= 15 is 0 Å². The molecule has 0 amide bonds. The van der Waals surface area contributed by atoms with Crippen molar-refractivity contribution in [1.82, 2.24) is 0 Å². The van der Waals surface area contributed by atoms with E-state index in [1.54, 1.807) is 0 Å². The van der Waals surface area contributed by atoms with Crippen LogP contribution in [0.5, 0.6) is 0 Å². The molecule has 0 aliphatic carbocycles. The van der Waals surface area contributed by atoms with E-state index in [2.05, 4.69) is 0 Å². The van der Waals surface area contributed by atoms with Crippen molar-refractivity contribution >= 4 is 11.4 Å². The maximum atomic E-state index is 10.9. The molecule has 0 bridgehead atoms. The van der Waals surface area contributed by atoms with Crippen LogP contribution in [0.1, 0.15) is 22.3 Å². The molecule has 0 aliphatic heterocycles. The molecule has 1 aromatic carbocycles. The van der Waals surface area contributed by atoms with E-state index in [9.17, 15) is 20.2 Å². The molecule has 0 radical (unpaired) electrons. The van der Waals surface area contributed by atoms with Gasteiger partial charge in [-0.05, 0) is 27.7 Å². The number of nitrogens with zero attached hydrogens (tertiary/aromatic N) is 2. The zero-order valence-electron chi connectivity index (χ0n) is 9.53. The van der Waals surface area contributed by atoms with Gasteiger partial charge in [0.15, 0.2) is 0 Å². The van der Waals surface area contributed by atoms with E-state index < -0.39 is 9.85 Å². The molecule has 1 aromatic rings. The first-order chi connectivity index (χ1) is 7.29. The summed E-state index contributed by atoms with van der Waals surface area (Å²) in [6.45, 7) is 6.14. The molecule has 0 atom stereocenters. The van der Waals surface area contributed by atoms with Crippen molar-refractivity contribution in [1.29, 1.82) is 0 Å². The van der Waals surface area contributed by atoms with E-state index in [1.807, 2.05) is 0 Å². The summed E-state index contributed by atoms with van der Waals surface area (Å²) < 4.78 is 0. The molecule has 0 saturated carbocycles. The molecule has 6 heteroatoms. The fourth-order valence-electron chi connectivity index (χ4n) is 1.82.